The zero-order chi connectivity index (χ0) is 12.4. The number of carboxylic acid groups (broad SMARTS) is 1. The molecule has 0 aromatic heterocycles. The molecule has 0 spiro atoms. The smallest absolute Gasteiger partial charge is 0.335 e. The van der Waals surface area contributed by atoms with Crippen molar-refractivity contribution in [2.24, 2.45) is 0 Å². The van der Waals surface area contributed by atoms with Gasteiger partial charge in [0.15, 0.2) is 0 Å². The second-order valence-corrected chi connectivity index (χ2v) is 3.91. The van der Waals surface area contributed by atoms with E-state index in [0.29, 0.717) is 10.6 Å². The molecule has 2 rings (SSSR count). The quantitative estimate of drug-likeness (QED) is 0.879. The Labute approximate surface area is 102 Å². The first-order chi connectivity index (χ1) is 8.08. The van der Waals surface area contributed by atoms with Crippen molar-refractivity contribution in [3.63, 3.8) is 0 Å². The van der Waals surface area contributed by atoms with Crippen molar-refractivity contribution in [3.05, 3.63) is 58.9 Å². The van der Waals surface area contributed by atoms with Crippen LogP contribution in [0.25, 0.3) is 11.1 Å². The summed E-state index contributed by atoms with van der Waals surface area (Å²) in [5, 5.41) is 9.06. The lowest BCUT2D eigenvalue weighted by atomic mass is 10.0. The van der Waals surface area contributed by atoms with Gasteiger partial charge >= 0.3 is 5.97 Å². The average molecular weight is 251 g/mol. The lowest BCUT2D eigenvalue weighted by Crippen LogP contribution is -1.95. The van der Waals surface area contributed by atoms with Crippen LogP contribution >= 0.6 is 11.6 Å². The summed E-state index contributed by atoms with van der Waals surface area (Å²) in [6.45, 7) is 0. The minimum absolute atomic E-state index is 0.201. The van der Waals surface area contributed by atoms with Gasteiger partial charge in [0, 0.05) is 5.56 Å². The van der Waals surface area contributed by atoms with E-state index in [1.54, 1.807) is 18.2 Å². The molecule has 4 heteroatoms. The Hall–Kier alpha value is -1.87. The summed E-state index contributed by atoms with van der Waals surface area (Å²) >= 11 is 5.91. The average Bonchev–Trinajstić information content (AvgIpc) is 2.29. The monoisotopic (exact) mass is 250 g/mol. The maximum absolute atomic E-state index is 12.9. The summed E-state index contributed by atoms with van der Waals surface area (Å²) < 4.78 is 12.9. The molecule has 2 nitrogen and oxygen atoms in total. The maximum Gasteiger partial charge on any atom is 0.335 e. The predicted octanol–water partition coefficient (Wildman–Crippen LogP) is 3.84. The minimum Gasteiger partial charge on any atom is -0.478 e. The third kappa shape index (κ3) is 2.45. The maximum atomic E-state index is 12.9. The number of hydrogen-bond acceptors (Lipinski definition) is 1. The van der Waals surface area contributed by atoms with Gasteiger partial charge in [-0.3, -0.25) is 0 Å². The van der Waals surface area contributed by atoms with Gasteiger partial charge in [-0.25, -0.2) is 9.18 Å². The van der Waals surface area contributed by atoms with E-state index >= 15 is 0 Å². The Morgan fingerprint density at radius 3 is 2.29 bits per heavy atom. The standard InChI is InChI=1S/C13H8ClFO2/c14-12-7-10(15)5-6-11(12)8-1-3-9(4-2-8)13(16)17/h1-7H,(H,16,17). The number of carboxylic acids is 1. The minimum atomic E-state index is -0.984. The number of aromatic carboxylic acids is 1. The van der Waals surface area contributed by atoms with Crippen LogP contribution in [0.15, 0.2) is 42.5 Å². The van der Waals surface area contributed by atoms with Crippen LogP contribution in [0.1, 0.15) is 10.4 Å². The Morgan fingerprint density at radius 2 is 1.76 bits per heavy atom. The summed E-state index contributed by atoms with van der Waals surface area (Å²) in [4.78, 5) is 10.7. The van der Waals surface area contributed by atoms with Crippen LogP contribution in [-0.4, -0.2) is 11.1 Å². The molecule has 0 heterocycles. The first kappa shape index (κ1) is 11.6. The summed E-state index contributed by atoms with van der Waals surface area (Å²) in [5.41, 5.74) is 1.62. The Balaban J connectivity index is 2.43. The summed E-state index contributed by atoms with van der Waals surface area (Å²) in [6, 6.07) is 10.3. The zero-order valence-corrected chi connectivity index (χ0v) is 9.41. The van der Waals surface area contributed by atoms with Crippen LogP contribution in [0.4, 0.5) is 4.39 Å². The second kappa shape index (κ2) is 4.55. The van der Waals surface area contributed by atoms with Crippen LogP contribution < -0.4 is 0 Å². The summed E-state index contributed by atoms with van der Waals surface area (Å²) in [6.07, 6.45) is 0. The van der Waals surface area contributed by atoms with Crippen molar-refractivity contribution in [2.75, 3.05) is 0 Å². The molecule has 0 atom stereocenters. The Bertz CT molecular complexity index is 564. The molecule has 0 fully saturated rings. The van der Waals surface area contributed by atoms with E-state index in [9.17, 15) is 9.18 Å². The first-order valence-electron chi connectivity index (χ1n) is 4.87. The Kier molecular flexibility index (Phi) is 3.11. The van der Waals surface area contributed by atoms with Gasteiger partial charge in [0.1, 0.15) is 5.82 Å². The van der Waals surface area contributed by atoms with Gasteiger partial charge in [-0.1, -0.05) is 23.7 Å². The fourth-order valence-corrected chi connectivity index (χ4v) is 1.79. The molecule has 17 heavy (non-hydrogen) atoms. The first-order valence-corrected chi connectivity index (χ1v) is 5.24. The van der Waals surface area contributed by atoms with Crippen LogP contribution in [0, 0.1) is 5.82 Å². The zero-order valence-electron chi connectivity index (χ0n) is 8.65. The predicted molar refractivity (Wildman–Crippen MR) is 63.8 cm³/mol. The molecular formula is C13H8ClFO2. The van der Waals surface area contributed by atoms with E-state index in [0.717, 1.165) is 5.56 Å². The van der Waals surface area contributed by atoms with Crippen molar-refractivity contribution >= 4 is 17.6 Å². The van der Waals surface area contributed by atoms with Crippen LogP contribution in [0.5, 0.6) is 0 Å². The molecule has 0 radical (unpaired) electrons. The third-order valence-electron chi connectivity index (χ3n) is 2.37. The summed E-state index contributed by atoms with van der Waals surface area (Å²) in [5.74, 6) is -1.39. The van der Waals surface area contributed by atoms with Crippen molar-refractivity contribution in [1.29, 1.82) is 0 Å². The van der Waals surface area contributed by atoms with Gasteiger partial charge in [-0.2, -0.15) is 0 Å². The molecule has 2 aromatic carbocycles. The molecule has 0 amide bonds. The number of rotatable bonds is 2. The molecular weight excluding hydrogens is 243 g/mol. The molecule has 0 saturated carbocycles. The number of halogens is 2. The molecule has 0 aliphatic heterocycles. The van der Waals surface area contributed by atoms with Crippen LogP contribution in [0.3, 0.4) is 0 Å². The van der Waals surface area contributed by atoms with Crippen molar-refractivity contribution < 1.29 is 14.3 Å². The van der Waals surface area contributed by atoms with Gasteiger partial charge < -0.3 is 5.11 Å². The fourth-order valence-electron chi connectivity index (χ4n) is 1.52. The van der Waals surface area contributed by atoms with Gasteiger partial charge in [-0.15, -0.1) is 0 Å². The van der Waals surface area contributed by atoms with E-state index < -0.39 is 11.8 Å². The van der Waals surface area contributed by atoms with Crippen LogP contribution in [0.2, 0.25) is 5.02 Å². The number of hydrogen-bond donors (Lipinski definition) is 1. The van der Waals surface area contributed by atoms with Gasteiger partial charge in [-0.05, 0) is 35.9 Å². The van der Waals surface area contributed by atoms with Crippen molar-refractivity contribution in [1.82, 2.24) is 0 Å². The lowest BCUT2D eigenvalue weighted by Gasteiger charge is -2.05. The van der Waals surface area contributed by atoms with E-state index in [-0.39, 0.29) is 5.56 Å². The molecule has 1 N–H and O–H groups in total. The Morgan fingerprint density at radius 1 is 1.12 bits per heavy atom. The number of carbonyl (C=O) groups is 1. The lowest BCUT2D eigenvalue weighted by molar-refractivity contribution is 0.0697. The molecule has 0 bridgehead atoms. The van der Waals surface area contributed by atoms with Crippen molar-refractivity contribution in [2.45, 2.75) is 0 Å². The SMILES string of the molecule is O=C(O)c1ccc(-c2ccc(F)cc2Cl)cc1. The highest BCUT2D eigenvalue weighted by molar-refractivity contribution is 6.33. The topological polar surface area (TPSA) is 37.3 Å². The van der Waals surface area contributed by atoms with Gasteiger partial charge in [0.2, 0.25) is 0 Å². The normalized spacial score (nSPS) is 10.2. The highest BCUT2D eigenvalue weighted by Gasteiger charge is 2.06. The molecule has 0 aliphatic rings. The number of benzene rings is 2. The van der Waals surface area contributed by atoms with Crippen LogP contribution in [-0.2, 0) is 0 Å². The van der Waals surface area contributed by atoms with Gasteiger partial charge in [0.25, 0.3) is 0 Å². The fraction of sp³-hybridized carbons (Fsp3) is 0. The second-order valence-electron chi connectivity index (χ2n) is 3.51. The third-order valence-corrected chi connectivity index (χ3v) is 2.69. The van der Waals surface area contributed by atoms with Crippen molar-refractivity contribution in [3.8, 4) is 11.1 Å². The van der Waals surface area contributed by atoms with E-state index in [1.807, 2.05) is 0 Å². The van der Waals surface area contributed by atoms with E-state index in [1.165, 1.54) is 24.3 Å². The van der Waals surface area contributed by atoms with E-state index in [2.05, 4.69) is 0 Å². The van der Waals surface area contributed by atoms with E-state index in [4.69, 9.17) is 16.7 Å². The molecule has 2 aromatic rings. The largest absolute Gasteiger partial charge is 0.478 e. The molecule has 86 valence electrons. The summed E-state index contributed by atoms with van der Waals surface area (Å²) in [7, 11) is 0. The highest BCUT2D eigenvalue weighted by Crippen LogP contribution is 2.28. The molecule has 0 aliphatic carbocycles. The molecule has 0 unspecified atom stereocenters. The van der Waals surface area contributed by atoms with Gasteiger partial charge in [0.05, 0.1) is 10.6 Å². The molecule has 0 saturated heterocycles. The highest BCUT2D eigenvalue weighted by atomic mass is 35.5.